The molecule has 0 aliphatic heterocycles. The number of sulfone groups is 1. The van der Waals surface area contributed by atoms with Crippen LogP contribution in [0.1, 0.15) is 25.0 Å². The second-order valence-electron chi connectivity index (χ2n) is 8.51. The van der Waals surface area contributed by atoms with Gasteiger partial charge in [-0.1, -0.05) is 61.3 Å². The first-order chi connectivity index (χ1) is 16.0. The van der Waals surface area contributed by atoms with Crippen molar-refractivity contribution in [1.82, 2.24) is 0 Å². The largest absolute Gasteiger partial charge is 0.326 e. The molecule has 176 valence electrons. The monoisotopic (exact) mass is 514 g/mol. The predicted octanol–water partition coefficient (Wildman–Crippen LogP) is 6.99. The van der Waals surface area contributed by atoms with Crippen LogP contribution in [0.5, 0.6) is 0 Å². The van der Waals surface area contributed by atoms with Crippen molar-refractivity contribution >= 4 is 50.3 Å². The maximum Gasteiger partial charge on any atom is 0.228 e. The first-order valence-corrected chi connectivity index (χ1v) is 13.2. The summed E-state index contributed by atoms with van der Waals surface area (Å²) in [6.07, 6.45) is 2.00. The molecule has 0 atom stereocenters. The van der Waals surface area contributed by atoms with E-state index in [1.807, 2.05) is 12.1 Å². The molecule has 0 spiro atoms. The molecule has 0 aromatic heterocycles. The number of hydrogen-bond acceptors (Lipinski definition) is 3. The number of carbonyl (C=O) groups is 1. The Morgan fingerprint density at radius 2 is 1.65 bits per heavy atom. The van der Waals surface area contributed by atoms with Crippen molar-refractivity contribution in [1.29, 1.82) is 0 Å². The van der Waals surface area contributed by atoms with Crippen molar-refractivity contribution in [3.05, 3.63) is 87.2 Å². The highest BCUT2D eigenvalue weighted by molar-refractivity contribution is 7.90. The molecule has 0 aliphatic carbocycles. The van der Waals surface area contributed by atoms with E-state index in [1.165, 1.54) is 12.1 Å². The highest BCUT2D eigenvalue weighted by Crippen LogP contribution is 2.39. The van der Waals surface area contributed by atoms with Crippen molar-refractivity contribution in [3.8, 4) is 11.1 Å². The van der Waals surface area contributed by atoms with E-state index in [2.05, 4.69) is 24.0 Å². The summed E-state index contributed by atoms with van der Waals surface area (Å²) >= 11 is 13.0. The van der Waals surface area contributed by atoms with E-state index in [0.717, 1.165) is 23.8 Å². The van der Waals surface area contributed by atoms with Crippen LogP contribution in [-0.4, -0.2) is 20.6 Å². The van der Waals surface area contributed by atoms with Gasteiger partial charge < -0.3 is 5.32 Å². The van der Waals surface area contributed by atoms with Crippen molar-refractivity contribution < 1.29 is 13.2 Å². The summed E-state index contributed by atoms with van der Waals surface area (Å²) < 4.78 is 23.2. The van der Waals surface area contributed by atoms with Crippen LogP contribution in [0.3, 0.4) is 0 Å². The third-order valence-electron chi connectivity index (χ3n) is 5.16. The van der Waals surface area contributed by atoms with Crippen molar-refractivity contribution in [2.75, 3.05) is 11.6 Å². The van der Waals surface area contributed by atoms with Gasteiger partial charge >= 0.3 is 0 Å². The Morgan fingerprint density at radius 3 is 2.18 bits per heavy atom. The topological polar surface area (TPSA) is 67.6 Å². The third kappa shape index (κ3) is 6.38. The second-order valence-corrected chi connectivity index (χ2v) is 11.3. The number of carbonyl (C=O) groups excluding carboxylic acids is 1. The van der Waals surface area contributed by atoms with Crippen LogP contribution in [0.15, 0.2) is 59.5 Å². The lowest BCUT2D eigenvalue weighted by Gasteiger charge is -2.14. The van der Waals surface area contributed by atoms with Gasteiger partial charge in [0, 0.05) is 17.5 Å². The molecule has 0 radical (unpaired) electrons. The maximum absolute atomic E-state index is 12.5. The van der Waals surface area contributed by atoms with Crippen LogP contribution in [0.2, 0.25) is 10.0 Å². The molecule has 0 aliphatic rings. The Hall–Kier alpha value is -2.85. The molecule has 3 rings (SSSR count). The maximum atomic E-state index is 12.5. The van der Waals surface area contributed by atoms with Crippen LogP contribution in [0.4, 0.5) is 11.4 Å². The van der Waals surface area contributed by atoms with Crippen molar-refractivity contribution in [2.24, 2.45) is 5.92 Å². The first kappa shape index (κ1) is 25.8. The minimum Gasteiger partial charge on any atom is -0.326 e. The summed E-state index contributed by atoms with van der Waals surface area (Å²) in [5.74, 6) is 0.138. The zero-order valence-electron chi connectivity index (χ0n) is 19.0. The molecule has 0 fully saturated rings. The normalized spacial score (nSPS) is 11.3. The molecule has 3 aromatic carbocycles. The summed E-state index contributed by atoms with van der Waals surface area (Å²) in [5.41, 5.74) is 3.99. The van der Waals surface area contributed by atoms with E-state index < -0.39 is 9.84 Å². The first-order valence-electron chi connectivity index (χ1n) is 10.6. The average Bonchev–Trinajstić information content (AvgIpc) is 2.73. The quantitative estimate of drug-likeness (QED) is 0.345. The highest BCUT2D eigenvalue weighted by Gasteiger charge is 2.15. The van der Waals surface area contributed by atoms with Crippen LogP contribution in [0, 0.1) is 12.5 Å². The van der Waals surface area contributed by atoms with Crippen molar-refractivity contribution in [2.45, 2.75) is 31.6 Å². The fourth-order valence-electron chi connectivity index (χ4n) is 3.60. The molecule has 1 N–H and O–H groups in total. The van der Waals surface area contributed by atoms with Gasteiger partial charge in [0.1, 0.15) is 0 Å². The van der Waals surface area contributed by atoms with E-state index in [4.69, 9.17) is 29.8 Å². The molecule has 5 nitrogen and oxygen atoms in total. The van der Waals surface area contributed by atoms with Gasteiger partial charge in [-0.2, -0.15) is 0 Å². The minimum absolute atomic E-state index is 0.0622. The predicted molar refractivity (Wildman–Crippen MR) is 139 cm³/mol. The Balaban J connectivity index is 1.79. The highest BCUT2D eigenvalue weighted by atomic mass is 35.5. The smallest absolute Gasteiger partial charge is 0.228 e. The third-order valence-corrected chi connectivity index (χ3v) is 6.89. The standard InChI is InChI=1S/C26H24Cl2N2O3S/c1-16(2)11-18-7-8-19(13-24(18)29-3)26-22(27)14-20(15-23(26)28)30-25(31)12-17-5-9-21(10-6-17)34(4,32)33/h5-10,13-16H,11-12H2,1-2,4H3,(H,30,31). The number of benzene rings is 3. The summed E-state index contributed by atoms with van der Waals surface area (Å²) in [6.45, 7) is 11.7. The summed E-state index contributed by atoms with van der Waals surface area (Å²) in [6, 6.07) is 15.0. The van der Waals surface area contributed by atoms with Gasteiger partial charge in [0.25, 0.3) is 0 Å². The average molecular weight is 515 g/mol. The molecule has 0 saturated heterocycles. The molecule has 34 heavy (non-hydrogen) atoms. The molecule has 3 aromatic rings. The Morgan fingerprint density at radius 1 is 1.03 bits per heavy atom. The van der Waals surface area contributed by atoms with E-state index >= 15 is 0 Å². The zero-order valence-corrected chi connectivity index (χ0v) is 21.4. The SMILES string of the molecule is [C-]#[N+]c1cc(-c2c(Cl)cc(NC(=O)Cc3ccc(S(C)(=O)=O)cc3)cc2Cl)ccc1CC(C)C. The Kier molecular flexibility index (Phi) is 8.04. The number of hydrogen-bond donors (Lipinski definition) is 1. The molecular formula is C26H24Cl2N2O3S. The van der Waals surface area contributed by atoms with Gasteiger partial charge in [0.2, 0.25) is 5.91 Å². The van der Waals surface area contributed by atoms with Crippen LogP contribution >= 0.6 is 23.2 Å². The molecule has 0 bridgehead atoms. The number of nitrogens with one attached hydrogen (secondary N) is 1. The van der Waals surface area contributed by atoms with Gasteiger partial charge in [0.05, 0.1) is 27.9 Å². The van der Waals surface area contributed by atoms with E-state index in [1.54, 1.807) is 30.3 Å². The lowest BCUT2D eigenvalue weighted by Crippen LogP contribution is -2.14. The van der Waals surface area contributed by atoms with E-state index in [-0.39, 0.29) is 17.2 Å². The second kappa shape index (κ2) is 10.6. The van der Waals surface area contributed by atoms with Gasteiger partial charge in [-0.05, 0) is 59.4 Å². The van der Waals surface area contributed by atoms with Gasteiger partial charge in [-0.15, -0.1) is 0 Å². The number of rotatable bonds is 7. The molecule has 0 heterocycles. The molecule has 0 unspecified atom stereocenters. The van der Waals surface area contributed by atoms with Crippen molar-refractivity contribution in [3.63, 3.8) is 0 Å². The zero-order chi connectivity index (χ0) is 25.0. The van der Waals surface area contributed by atoms with Crippen LogP contribution in [-0.2, 0) is 27.5 Å². The van der Waals surface area contributed by atoms with Gasteiger partial charge in [-0.25, -0.2) is 13.3 Å². The Labute approximate surface area is 210 Å². The van der Waals surface area contributed by atoms with E-state index in [0.29, 0.717) is 38.5 Å². The number of nitrogens with zero attached hydrogens (tertiary/aromatic N) is 1. The number of halogens is 2. The summed E-state index contributed by atoms with van der Waals surface area (Å²) in [5, 5.41) is 3.48. The van der Waals surface area contributed by atoms with E-state index in [9.17, 15) is 13.2 Å². The van der Waals surface area contributed by atoms with Crippen LogP contribution in [0.25, 0.3) is 16.0 Å². The summed E-state index contributed by atoms with van der Waals surface area (Å²) in [4.78, 5) is 16.4. The fraction of sp³-hybridized carbons (Fsp3) is 0.231. The Bertz CT molecular complexity index is 1350. The lowest BCUT2D eigenvalue weighted by atomic mass is 9.97. The van der Waals surface area contributed by atoms with Gasteiger partial charge in [0.15, 0.2) is 15.5 Å². The molecule has 8 heteroatoms. The summed E-state index contributed by atoms with van der Waals surface area (Å²) in [7, 11) is -3.29. The lowest BCUT2D eigenvalue weighted by molar-refractivity contribution is -0.115. The molecular weight excluding hydrogens is 491 g/mol. The van der Waals surface area contributed by atoms with Gasteiger partial charge in [-0.3, -0.25) is 4.79 Å². The number of anilines is 1. The van der Waals surface area contributed by atoms with Crippen LogP contribution < -0.4 is 5.32 Å². The molecule has 1 amide bonds. The fourth-order valence-corrected chi connectivity index (χ4v) is 4.94. The number of amides is 1. The molecule has 0 saturated carbocycles. The minimum atomic E-state index is -3.29.